The highest BCUT2D eigenvalue weighted by Crippen LogP contribution is 2.38. The molecule has 3 rings (SSSR count). The fraction of sp³-hybridized carbons (Fsp3) is 0.250. The standard InChI is InChI=1S/C16H16O3/c1-17-14-9-5-8-13(12-6-3-2-4-7-12)15(14)16-18-10-11-19-16/h2-9,16H,10-11H2,1H3. The lowest BCUT2D eigenvalue weighted by Gasteiger charge is -2.18. The second kappa shape index (κ2) is 5.43. The summed E-state index contributed by atoms with van der Waals surface area (Å²) < 4.78 is 16.7. The van der Waals surface area contributed by atoms with Crippen molar-refractivity contribution in [1.29, 1.82) is 0 Å². The van der Waals surface area contributed by atoms with Gasteiger partial charge in [-0.05, 0) is 17.2 Å². The zero-order valence-corrected chi connectivity index (χ0v) is 10.8. The first-order valence-electron chi connectivity index (χ1n) is 6.35. The fourth-order valence-corrected chi connectivity index (χ4v) is 2.36. The summed E-state index contributed by atoms with van der Waals surface area (Å²) in [5.41, 5.74) is 3.19. The van der Waals surface area contributed by atoms with E-state index in [1.807, 2.05) is 30.3 Å². The van der Waals surface area contributed by atoms with Gasteiger partial charge in [0.2, 0.25) is 0 Å². The van der Waals surface area contributed by atoms with Crippen LogP contribution in [0.25, 0.3) is 11.1 Å². The fourth-order valence-electron chi connectivity index (χ4n) is 2.36. The first-order valence-corrected chi connectivity index (χ1v) is 6.35. The minimum absolute atomic E-state index is 0.341. The van der Waals surface area contributed by atoms with Crippen LogP contribution >= 0.6 is 0 Å². The van der Waals surface area contributed by atoms with Crippen LogP contribution in [0.5, 0.6) is 5.75 Å². The monoisotopic (exact) mass is 256 g/mol. The normalized spacial score (nSPS) is 15.6. The van der Waals surface area contributed by atoms with Crippen LogP contribution in [0, 0.1) is 0 Å². The lowest BCUT2D eigenvalue weighted by molar-refractivity contribution is -0.0450. The number of rotatable bonds is 3. The van der Waals surface area contributed by atoms with Crippen LogP contribution in [0.15, 0.2) is 48.5 Å². The molecule has 1 aliphatic heterocycles. The van der Waals surface area contributed by atoms with Gasteiger partial charge in [-0.2, -0.15) is 0 Å². The van der Waals surface area contributed by atoms with Gasteiger partial charge in [0.05, 0.1) is 25.9 Å². The van der Waals surface area contributed by atoms with Crippen LogP contribution in [-0.2, 0) is 9.47 Å². The van der Waals surface area contributed by atoms with E-state index in [4.69, 9.17) is 14.2 Å². The van der Waals surface area contributed by atoms with E-state index in [0.29, 0.717) is 13.2 Å². The highest BCUT2D eigenvalue weighted by atomic mass is 16.7. The van der Waals surface area contributed by atoms with Crippen molar-refractivity contribution >= 4 is 0 Å². The topological polar surface area (TPSA) is 27.7 Å². The molecule has 0 saturated carbocycles. The van der Waals surface area contributed by atoms with Gasteiger partial charge in [0.15, 0.2) is 6.29 Å². The Morgan fingerprint density at radius 3 is 2.37 bits per heavy atom. The van der Waals surface area contributed by atoms with Crippen LogP contribution < -0.4 is 4.74 Å². The summed E-state index contributed by atoms with van der Waals surface area (Å²) in [4.78, 5) is 0. The quantitative estimate of drug-likeness (QED) is 0.842. The molecule has 0 atom stereocenters. The SMILES string of the molecule is COc1cccc(-c2ccccc2)c1C1OCCO1. The highest BCUT2D eigenvalue weighted by molar-refractivity contribution is 5.70. The van der Waals surface area contributed by atoms with E-state index in [1.165, 1.54) is 0 Å². The molecular formula is C16H16O3. The Morgan fingerprint density at radius 2 is 1.68 bits per heavy atom. The smallest absolute Gasteiger partial charge is 0.188 e. The van der Waals surface area contributed by atoms with Gasteiger partial charge in [0, 0.05) is 0 Å². The Bertz CT molecular complexity index is 545. The van der Waals surface area contributed by atoms with Crippen molar-refractivity contribution in [2.45, 2.75) is 6.29 Å². The Hall–Kier alpha value is -1.84. The molecule has 0 amide bonds. The predicted molar refractivity (Wildman–Crippen MR) is 73.1 cm³/mol. The predicted octanol–water partition coefficient (Wildman–Crippen LogP) is 3.41. The summed E-state index contributed by atoms with van der Waals surface area (Å²) in [6, 6.07) is 16.2. The lowest BCUT2D eigenvalue weighted by atomic mass is 9.98. The molecule has 1 saturated heterocycles. The average molecular weight is 256 g/mol. The molecule has 1 fully saturated rings. The van der Waals surface area contributed by atoms with Gasteiger partial charge in [-0.15, -0.1) is 0 Å². The first-order chi connectivity index (χ1) is 9.40. The molecule has 0 aromatic heterocycles. The van der Waals surface area contributed by atoms with Gasteiger partial charge in [0.1, 0.15) is 5.75 Å². The molecule has 98 valence electrons. The van der Waals surface area contributed by atoms with Gasteiger partial charge >= 0.3 is 0 Å². The highest BCUT2D eigenvalue weighted by Gasteiger charge is 2.25. The van der Waals surface area contributed by atoms with Gasteiger partial charge < -0.3 is 14.2 Å². The number of hydrogen-bond acceptors (Lipinski definition) is 3. The van der Waals surface area contributed by atoms with Crippen molar-refractivity contribution in [2.24, 2.45) is 0 Å². The molecule has 0 N–H and O–H groups in total. The van der Waals surface area contributed by atoms with Crippen molar-refractivity contribution in [1.82, 2.24) is 0 Å². The van der Waals surface area contributed by atoms with Gasteiger partial charge in [-0.1, -0.05) is 42.5 Å². The lowest BCUT2D eigenvalue weighted by Crippen LogP contribution is -2.03. The molecule has 0 radical (unpaired) electrons. The van der Waals surface area contributed by atoms with Gasteiger partial charge in [0.25, 0.3) is 0 Å². The van der Waals surface area contributed by atoms with E-state index in [0.717, 1.165) is 22.4 Å². The number of hydrogen-bond donors (Lipinski definition) is 0. The van der Waals surface area contributed by atoms with Crippen molar-refractivity contribution in [3.63, 3.8) is 0 Å². The third-order valence-corrected chi connectivity index (χ3v) is 3.23. The summed E-state index contributed by atoms with van der Waals surface area (Å²) in [6.07, 6.45) is -0.341. The Morgan fingerprint density at radius 1 is 0.947 bits per heavy atom. The van der Waals surface area contributed by atoms with Crippen molar-refractivity contribution in [3.05, 3.63) is 54.1 Å². The summed E-state index contributed by atoms with van der Waals surface area (Å²) in [7, 11) is 1.67. The largest absolute Gasteiger partial charge is 0.496 e. The molecule has 1 heterocycles. The Balaban J connectivity index is 2.13. The molecular weight excluding hydrogens is 240 g/mol. The van der Waals surface area contributed by atoms with Gasteiger partial charge in [-0.25, -0.2) is 0 Å². The zero-order valence-electron chi connectivity index (χ0n) is 10.8. The minimum Gasteiger partial charge on any atom is -0.496 e. The maximum absolute atomic E-state index is 5.64. The van der Waals surface area contributed by atoms with E-state index in [-0.39, 0.29) is 6.29 Å². The number of ether oxygens (including phenoxy) is 3. The number of methoxy groups -OCH3 is 1. The summed E-state index contributed by atoms with van der Waals surface area (Å²) in [6.45, 7) is 1.24. The molecule has 2 aromatic rings. The second-order valence-corrected chi connectivity index (χ2v) is 4.36. The van der Waals surface area contributed by atoms with Gasteiger partial charge in [-0.3, -0.25) is 0 Å². The molecule has 0 unspecified atom stereocenters. The van der Waals surface area contributed by atoms with E-state index >= 15 is 0 Å². The maximum atomic E-state index is 5.64. The zero-order chi connectivity index (χ0) is 13.1. The van der Waals surface area contributed by atoms with E-state index in [1.54, 1.807) is 7.11 Å². The van der Waals surface area contributed by atoms with E-state index < -0.39 is 0 Å². The van der Waals surface area contributed by atoms with Crippen molar-refractivity contribution in [2.75, 3.05) is 20.3 Å². The molecule has 0 bridgehead atoms. The van der Waals surface area contributed by atoms with Crippen LogP contribution in [0.1, 0.15) is 11.9 Å². The van der Waals surface area contributed by atoms with Crippen LogP contribution in [0.2, 0.25) is 0 Å². The molecule has 3 heteroatoms. The van der Waals surface area contributed by atoms with Crippen LogP contribution in [-0.4, -0.2) is 20.3 Å². The van der Waals surface area contributed by atoms with E-state index in [2.05, 4.69) is 18.2 Å². The molecule has 1 aliphatic rings. The van der Waals surface area contributed by atoms with Crippen LogP contribution in [0.4, 0.5) is 0 Å². The Kier molecular flexibility index (Phi) is 3.49. The molecule has 19 heavy (non-hydrogen) atoms. The average Bonchev–Trinajstić information content (AvgIpc) is 3.01. The van der Waals surface area contributed by atoms with E-state index in [9.17, 15) is 0 Å². The van der Waals surface area contributed by atoms with Crippen molar-refractivity contribution in [3.8, 4) is 16.9 Å². The molecule has 2 aromatic carbocycles. The van der Waals surface area contributed by atoms with Crippen molar-refractivity contribution < 1.29 is 14.2 Å². The second-order valence-electron chi connectivity index (χ2n) is 4.36. The maximum Gasteiger partial charge on any atom is 0.188 e. The third-order valence-electron chi connectivity index (χ3n) is 3.23. The molecule has 3 nitrogen and oxygen atoms in total. The van der Waals surface area contributed by atoms with Crippen LogP contribution in [0.3, 0.4) is 0 Å². The molecule has 0 aliphatic carbocycles. The summed E-state index contributed by atoms with van der Waals surface area (Å²) in [5.74, 6) is 0.799. The first kappa shape index (κ1) is 12.2. The number of benzene rings is 2. The minimum atomic E-state index is -0.341. The summed E-state index contributed by atoms with van der Waals surface area (Å²) in [5, 5.41) is 0. The third kappa shape index (κ3) is 2.35. The summed E-state index contributed by atoms with van der Waals surface area (Å²) >= 11 is 0. The Labute approximate surface area is 112 Å². The molecule has 0 spiro atoms.